The van der Waals surface area contributed by atoms with Gasteiger partial charge in [0.05, 0.1) is 11.8 Å². The number of carbonyl (C=O) groups is 1. The highest BCUT2D eigenvalue weighted by molar-refractivity contribution is 9.10. The largest absolute Gasteiger partial charge is 0.461 e. The highest BCUT2D eigenvalue weighted by Gasteiger charge is 2.39. The van der Waals surface area contributed by atoms with Crippen molar-refractivity contribution in [2.75, 3.05) is 11.4 Å². The molecule has 3 nitrogen and oxygen atoms in total. The maximum atomic E-state index is 13.1. The molecule has 0 amide bonds. The molecule has 0 N–H and O–H groups in total. The van der Waals surface area contributed by atoms with Gasteiger partial charge in [0, 0.05) is 4.47 Å². The Kier molecular flexibility index (Phi) is 6.92. The molecule has 1 aromatic carbocycles. The Hall–Kier alpha value is -1.24. The fraction of sp³-hybridized carbons (Fsp3) is 0.562. The topological polar surface area (TPSA) is 29.5 Å². The van der Waals surface area contributed by atoms with E-state index in [0.717, 1.165) is 4.90 Å². The number of rotatable bonds is 6. The lowest BCUT2D eigenvalue weighted by atomic mass is 10.0. The summed E-state index contributed by atoms with van der Waals surface area (Å²) in [6, 6.07) is 5.50. The number of esters is 1. The molecule has 1 atom stereocenters. The van der Waals surface area contributed by atoms with Crippen molar-refractivity contribution in [2.24, 2.45) is 5.92 Å². The number of anilines is 1. The first-order chi connectivity index (χ1) is 10.5. The molecule has 0 saturated heterocycles. The number of halogens is 4. The third-order valence-electron chi connectivity index (χ3n) is 3.07. The summed E-state index contributed by atoms with van der Waals surface area (Å²) in [5, 5.41) is 0. The summed E-state index contributed by atoms with van der Waals surface area (Å²) in [6.07, 6.45) is -4.84. The Balaban J connectivity index is 3.29. The number of alkyl halides is 3. The maximum Gasteiger partial charge on any atom is 0.405 e. The van der Waals surface area contributed by atoms with E-state index in [4.69, 9.17) is 4.74 Å². The number of nitrogens with zero attached hydrogens (tertiary/aromatic N) is 1. The van der Waals surface area contributed by atoms with E-state index in [1.165, 1.54) is 0 Å². The van der Waals surface area contributed by atoms with Gasteiger partial charge in [0.15, 0.2) is 0 Å². The van der Waals surface area contributed by atoms with Gasteiger partial charge in [0.1, 0.15) is 12.6 Å². The van der Waals surface area contributed by atoms with Crippen molar-refractivity contribution in [1.29, 1.82) is 0 Å². The number of benzene rings is 1. The standard InChI is InChI=1S/C16H21BrF3NO2/c1-10(2)14(15(22)23-11(3)4)21(9-16(18,19)20)13-8-6-5-7-12(13)17/h5-8,10-11,14H,9H2,1-4H3. The van der Waals surface area contributed by atoms with Gasteiger partial charge < -0.3 is 9.64 Å². The smallest absolute Gasteiger partial charge is 0.405 e. The molecule has 0 aromatic heterocycles. The van der Waals surface area contributed by atoms with E-state index in [-0.39, 0.29) is 5.92 Å². The SMILES string of the molecule is CC(C)OC(=O)C(C(C)C)N(CC(F)(F)F)c1ccccc1Br. The molecule has 0 saturated carbocycles. The molecule has 1 unspecified atom stereocenters. The summed E-state index contributed by atoms with van der Waals surface area (Å²) in [7, 11) is 0. The fourth-order valence-electron chi connectivity index (χ4n) is 2.27. The second-order valence-corrected chi connectivity index (χ2v) is 6.72. The molecule has 0 aliphatic rings. The van der Waals surface area contributed by atoms with Crippen LogP contribution in [0.15, 0.2) is 28.7 Å². The molecule has 23 heavy (non-hydrogen) atoms. The second kappa shape index (κ2) is 8.04. The van der Waals surface area contributed by atoms with Crippen molar-refractivity contribution in [1.82, 2.24) is 0 Å². The first-order valence-electron chi connectivity index (χ1n) is 7.31. The van der Waals surface area contributed by atoms with E-state index in [1.807, 2.05) is 0 Å². The van der Waals surface area contributed by atoms with Gasteiger partial charge in [-0.25, -0.2) is 4.79 Å². The van der Waals surface area contributed by atoms with Gasteiger partial charge in [-0.05, 0) is 47.8 Å². The zero-order valence-corrected chi connectivity index (χ0v) is 15.1. The van der Waals surface area contributed by atoms with Gasteiger partial charge in [-0.2, -0.15) is 13.2 Å². The van der Waals surface area contributed by atoms with Gasteiger partial charge in [0.2, 0.25) is 0 Å². The first-order valence-corrected chi connectivity index (χ1v) is 8.10. The van der Waals surface area contributed by atoms with Crippen LogP contribution < -0.4 is 4.90 Å². The number of para-hydroxylation sites is 1. The van der Waals surface area contributed by atoms with E-state index >= 15 is 0 Å². The second-order valence-electron chi connectivity index (χ2n) is 5.87. The summed E-state index contributed by atoms with van der Waals surface area (Å²) in [5.41, 5.74) is 0.309. The number of hydrogen-bond donors (Lipinski definition) is 0. The van der Waals surface area contributed by atoms with Crippen LogP contribution in [0.1, 0.15) is 27.7 Å². The first kappa shape index (κ1) is 19.8. The fourth-order valence-corrected chi connectivity index (χ4v) is 2.79. The number of hydrogen-bond acceptors (Lipinski definition) is 3. The number of carbonyl (C=O) groups excluding carboxylic acids is 1. The van der Waals surface area contributed by atoms with Gasteiger partial charge in [-0.15, -0.1) is 0 Å². The van der Waals surface area contributed by atoms with E-state index in [2.05, 4.69) is 15.9 Å². The Morgan fingerprint density at radius 1 is 1.22 bits per heavy atom. The van der Waals surface area contributed by atoms with Gasteiger partial charge >= 0.3 is 12.1 Å². The molecule has 1 rings (SSSR count). The minimum absolute atomic E-state index is 0.309. The van der Waals surface area contributed by atoms with E-state index < -0.39 is 30.8 Å². The van der Waals surface area contributed by atoms with Crippen molar-refractivity contribution in [3.8, 4) is 0 Å². The van der Waals surface area contributed by atoms with Crippen molar-refractivity contribution >= 4 is 27.6 Å². The van der Waals surface area contributed by atoms with E-state index in [0.29, 0.717) is 10.2 Å². The molecular weight excluding hydrogens is 375 g/mol. The third kappa shape index (κ3) is 6.05. The van der Waals surface area contributed by atoms with Crippen LogP contribution in [-0.4, -0.2) is 30.8 Å². The summed E-state index contributed by atoms with van der Waals surface area (Å²) >= 11 is 3.26. The van der Waals surface area contributed by atoms with Crippen LogP contribution in [0, 0.1) is 5.92 Å². The normalized spacial score (nSPS) is 13.3. The van der Waals surface area contributed by atoms with Crippen LogP contribution >= 0.6 is 15.9 Å². The number of ether oxygens (including phenoxy) is 1. The third-order valence-corrected chi connectivity index (χ3v) is 3.74. The van der Waals surface area contributed by atoms with Crippen LogP contribution in [0.4, 0.5) is 18.9 Å². The van der Waals surface area contributed by atoms with Crippen LogP contribution in [0.3, 0.4) is 0 Å². The van der Waals surface area contributed by atoms with Gasteiger partial charge in [-0.3, -0.25) is 0 Å². The van der Waals surface area contributed by atoms with Crippen molar-refractivity contribution in [3.63, 3.8) is 0 Å². The molecule has 0 bridgehead atoms. The Morgan fingerprint density at radius 3 is 2.22 bits per heavy atom. The molecule has 1 aromatic rings. The maximum absolute atomic E-state index is 13.1. The van der Waals surface area contributed by atoms with Crippen LogP contribution in [0.25, 0.3) is 0 Å². The van der Waals surface area contributed by atoms with Crippen LogP contribution in [-0.2, 0) is 9.53 Å². The average Bonchev–Trinajstić information content (AvgIpc) is 2.35. The predicted molar refractivity (Wildman–Crippen MR) is 87.4 cm³/mol. The minimum atomic E-state index is -4.44. The average molecular weight is 396 g/mol. The summed E-state index contributed by atoms with van der Waals surface area (Å²) in [6.45, 7) is 5.51. The molecule has 130 valence electrons. The van der Waals surface area contributed by atoms with Gasteiger partial charge in [0.25, 0.3) is 0 Å². The Labute approximate surface area is 142 Å². The van der Waals surface area contributed by atoms with E-state index in [9.17, 15) is 18.0 Å². The van der Waals surface area contributed by atoms with Crippen molar-refractivity contribution in [2.45, 2.75) is 46.0 Å². The molecule has 0 aliphatic carbocycles. The summed E-state index contributed by atoms with van der Waals surface area (Å²) in [5.74, 6) is -1.01. The molecule has 0 radical (unpaired) electrons. The minimum Gasteiger partial charge on any atom is -0.461 e. The highest BCUT2D eigenvalue weighted by Crippen LogP contribution is 2.32. The molecule has 7 heteroatoms. The molecule has 0 spiro atoms. The van der Waals surface area contributed by atoms with E-state index in [1.54, 1.807) is 52.0 Å². The van der Waals surface area contributed by atoms with Crippen LogP contribution in [0.5, 0.6) is 0 Å². The summed E-state index contributed by atoms with van der Waals surface area (Å²) in [4.78, 5) is 13.4. The predicted octanol–water partition coefficient (Wildman–Crippen LogP) is 4.79. The molecule has 0 heterocycles. The van der Waals surface area contributed by atoms with Crippen molar-refractivity contribution < 1.29 is 22.7 Å². The lowest BCUT2D eigenvalue weighted by Crippen LogP contribution is -2.50. The van der Waals surface area contributed by atoms with Crippen LogP contribution in [0.2, 0.25) is 0 Å². The lowest BCUT2D eigenvalue weighted by molar-refractivity contribution is -0.151. The molecular formula is C16H21BrF3NO2. The lowest BCUT2D eigenvalue weighted by Gasteiger charge is -2.36. The monoisotopic (exact) mass is 395 g/mol. The van der Waals surface area contributed by atoms with Gasteiger partial charge in [-0.1, -0.05) is 26.0 Å². The quantitative estimate of drug-likeness (QED) is 0.648. The van der Waals surface area contributed by atoms with Crippen molar-refractivity contribution in [3.05, 3.63) is 28.7 Å². The highest BCUT2D eigenvalue weighted by atomic mass is 79.9. The molecule has 0 fully saturated rings. The molecule has 0 aliphatic heterocycles. The Morgan fingerprint density at radius 2 is 1.78 bits per heavy atom. The summed E-state index contributed by atoms with van der Waals surface area (Å²) < 4.78 is 44.9. The zero-order chi connectivity index (χ0) is 17.8. The zero-order valence-electron chi connectivity index (χ0n) is 13.5. The Bertz CT molecular complexity index is 532.